The van der Waals surface area contributed by atoms with E-state index < -0.39 is 20.0 Å². The van der Waals surface area contributed by atoms with Crippen molar-refractivity contribution in [1.29, 1.82) is 0 Å². The van der Waals surface area contributed by atoms with Crippen LogP contribution in [0.25, 0.3) is 0 Å². The minimum absolute atomic E-state index is 0.0150. The van der Waals surface area contributed by atoms with Crippen molar-refractivity contribution in [2.45, 2.75) is 50.1 Å². The van der Waals surface area contributed by atoms with Crippen LogP contribution in [0.2, 0.25) is 0 Å². The maximum atomic E-state index is 13.6. The fourth-order valence-electron chi connectivity index (χ4n) is 5.24. The van der Waals surface area contributed by atoms with E-state index in [4.69, 9.17) is 24.1 Å². The second-order valence-corrected chi connectivity index (χ2v) is 16.2. The second-order valence-electron chi connectivity index (χ2n) is 12.8. The molecule has 0 aliphatic carbocycles. The van der Waals surface area contributed by atoms with Crippen molar-refractivity contribution in [3.05, 3.63) is 84.2 Å². The Hall–Kier alpha value is -3.80. The van der Waals surface area contributed by atoms with Gasteiger partial charge in [-0.2, -0.15) is 14.5 Å². The lowest BCUT2D eigenvalue weighted by Crippen LogP contribution is -2.43. The fraction of sp³-hybridized carbons (Fsp3) is 0.438. The normalized spacial score (nSPS) is 16.7. The Bertz CT molecular complexity index is 1830. The van der Waals surface area contributed by atoms with Gasteiger partial charge in [-0.25, -0.2) is 22.0 Å². The van der Waals surface area contributed by atoms with Gasteiger partial charge < -0.3 is 18.9 Å². The molecule has 2 fully saturated rings. The van der Waals surface area contributed by atoms with Crippen molar-refractivity contribution in [1.82, 2.24) is 23.9 Å². The Morgan fingerprint density at radius 2 is 1.10 bits per heavy atom. The molecule has 0 bridgehead atoms. The van der Waals surface area contributed by atoms with Gasteiger partial charge >= 0.3 is 0 Å². The van der Waals surface area contributed by atoms with E-state index in [0.717, 1.165) is 22.6 Å². The van der Waals surface area contributed by atoms with Crippen molar-refractivity contribution in [3.63, 3.8) is 0 Å². The molecule has 0 spiro atoms. The summed E-state index contributed by atoms with van der Waals surface area (Å²) in [6.07, 6.45) is 3.33. The van der Waals surface area contributed by atoms with Gasteiger partial charge in [-0.1, -0.05) is 38.1 Å². The molecule has 48 heavy (non-hydrogen) atoms. The van der Waals surface area contributed by atoms with E-state index in [-0.39, 0.29) is 34.0 Å². The van der Waals surface area contributed by atoms with E-state index in [1.807, 2.05) is 48.5 Å². The van der Waals surface area contributed by atoms with Crippen LogP contribution < -0.4 is 14.6 Å². The predicted octanol–water partition coefficient (Wildman–Crippen LogP) is 2.89. The number of nitrogens with two attached hydrogens (primary N) is 1. The quantitative estimate of drug-likeness (QED) is 0.219. The molecule has 0 radical (unpaired) electrons. The summed E-state index contributed by atoms with van der Waals surface area (Å²) in [6.45, 7) is 8.48. The van der Waals surface area contributed by atoms with Crippen molar-refractivity contribution in [3.8, 4) is 11.5 Å². The standard InChI is InChI=1S/C24H29N3O5S.C8H13N3O3S/c1-24(17-32-18-24)16-26-13-12-23(25-26)33(28,29)27(14-19-4-8-21(30-2)9-5-19)15-20-6-10-22(31-3)11-7-20;1-8(5-14-6-8)4-11-3-2-7(10-11)15(9,12)13/h4-13H,14-18H2,1-3H3;2-3H,4-6H2,1H3,(H2,9,12,13). The Kier molecular flexibility index (Phi) is 10.6. The average molecular weight is 703 g/mol. The SMILES string of the molecule is CC1(Cn2ccc(S(N)(=O)=O)n2)COC1.COc1ccc(CN(Cc2ccc(OC)cc2)S(=O)(=O)c2ccn(CC3(C)COC3)n2)cc1. The van der Waals surface area contributed by atoms with Gasteiger partial charge in [0.25, 0.3) is 20.0 Å². The van der Waals surface area contributed by atoms with Crippen LogP contribution in [0.5, 0.6) is 11.5 Å². The van der Waals surface area contributed by atoms with Crippen LogP contribution in [0.3, 0.4) is 0 Å². The zero-order chi connectivity index (χ0) is 34.6. The zero-order valence-electron chi connectivity index (χ0n) is 27.5. The minimum Gasteiger partial charge on any atom is -0.497 e. The van der Waals surface area contributed by atoms with Gasteiger partial charge in [0, 0.05) is 36.3 Å². The predicted molar refractivity (Wildman–Crippen MR) is 176 cm³/mol. The Morgan fingerprint density at radius 1 is 0.708 bits per heavy atom. The third-order valence-corrected chi connectivity index (χ3v) is 10.5. The summed E-state index contributed by atoms with van der Waals surface area (Å²) in [5.41, 5.74) is 1.75. The summed E-state index contributed by atoms with van der Waals surface area (Å²) >= 11 is 0. The molecule has 2 saturated heterocycles. The van der Waals surface area contributed by atoms with Gasteiger partial charge in [-0.05, 0) is 47.5 Å². The number of aromatic nitrogens is 4. The van der Waals surface area contributed by atoms with E-state index in [2.05, 4.69) is 24.0 Å². The number of sulfonamides is 2. The molecule has 260 valence electrons. The number of rotatable bonds is 13. The molecule has 2 aromatic heterocycles. The zero-order valence-corrected chi connectivity index (χ0v) is 29.1. The summed E-state index contributed by atoms with van der Waals surface area (Å²) in [5, 5.41) is 13.2. The van der Waals surface area contributed by atoms with E-state index in [1.165, 1.54) is 10.4 Å². The van der Waals surface area contributed by atoms with Gasteiger partial charge in [0.05, 0.1) is 53.7 Å². The van der Waals surface area contributed by atoms with Crippen LogP contribution in [0.1, 0.15) is 25.0 Å². The lowest BCUT2D eigenvalue weighted by molar-refractivity contribution is -0.111. The van der Waals surface area contributed by atoms with Gasteiger partial charge in [-0.3, -0.25) is 9.36 Å². The maximum Gasteiger partial charge on any atom is 0.262 e. The van der Waals surface area contributed by atoms with Crippen LogP contribution >= 0.6 is 0 Å². The van der Waals surface area contributed by atoms with Crippen LogP contribution in [0.4, 0.5) is 0 Å². The van der Waals surface area contributed by atoms with E-state index in [0.29, 0.717) is 39.5 Å². The smallest absolute Gasteiger partial charge is 0.262 e. The highest BCUT2D eigenvalue weighted by Crippen LogP contribution is 2.30. The molecule has 4 heterocycles. The van der Waals surface area contributed by atoms with Crippen LogP contribution in [0, 0.1) is 10.8 Å². The first-order valence-electron chi connectivity index (χ1n) is 15.2. The number of hydrogen-bond donors (Lipinski definition) is 1. The molecule has 4 aromatic rings. The van der Waals surface area contributed by atoms with E-state index in [1.54, 1.807) is 42.0 Å². The molecule has 16 heteroatoms. The summed E-state index contributed by atoms with van der Waals surface area (Å²) < 4.78 is 74.8. The summed E-state index contributed by atoms with van der Waals surface area (Å²) in [4.78, 5) is 0. The Balaban J connectivity index is 0.000000250. The second kappa shape index (κ2) is 14.4. The number of nitrogens with zero attached hydrogens (tertiary/aromatic N) is 5. The molecule has 0 unspecified atom stereocenters. The first-order valence-corrected chi connectivity index (χ1v) is 18.2. The molecule has 2 aliphatic heterocycles. The topological polar surface area (TPSA) is 170 Å². The minimum atomic E-state index is -3.84. The van der Waals surface area contributed by atoms with Gasteiger partial charge in [-0.15, -0.1) is 0 Å². The number of hydrogen-bond acceptors (Lipinski definition) is 10. The van der Waals surface area contributed by atoms with Crippen molar-refractivity contribution < 1.29 is 35.8 Å². The average Bonchev–Trinajstić information content (AvgIpc) is 3.71. The third-order valence-electron chi connectivity index (χ3n) is 8.05. The first kappa shape index (κ1) is 35.5. The van der Waals surface area contributed by atoms with Gasteiger partial charge in [0.15, 0.2) is 10.1 Å². The molecule has 0 atom stereocenters. The summed E-state index contributed by atoms with van der Waals surface area (Å²) in [5.74, 6) is 1.44. The highest BCUT2D eigenvalue weighted by Gasteiger charge is 2.35. The van der Waals surface area contributed by atoms with E-state index >= 15 is 0 Å². The number of benzene rings is 2. The monoisotopic (exact) mass is 702 g/mol. The summed E-state index contributed by atoms with van der Waals surface area (Å²) in [6, 6.07) is 17.7. The lowest BCUT2D eigenvalue weighted by atomic mass is 9.89. The third kappa shape index (κ3) is 8.80. The number of ether oxygens (including phenoxy) is 4. The molecule has 0 amide bonds. The largest absolute Gasteiger partial charge is 0.497 e. The van der Waals surface area contributed by atoms with Crippen LogP contribution in [-0.4, -0.2) is 81.3 Å². The van der Waals surface area contributed by atoms with E-state index in [9.17, 15) is 16.8 Å². The first-order chi connectivity index (χ1) is 22.7. The summed E-state index contributed by atoms with van der Waals surface area (Å²) in [7, 11) is -4.34. The lowest BCUT2D eigenvalue weighted by Gasteiger charge is -2.37. The molecule has 0 saturated carbocycles. The highest BCUT2D eigenvalue weighted by molar-refractivity contribution is 7.89. The molecule has 2 aliphatic rings. The number of primary sulfonamides is 1. The van der Waals surface area contributed by atoms with Gasteiger partial charge in [0.2, 0.25) is 0 Å². The van der Waals surface area contributed by atoms with Gasteiger partial charge in [0.1, 0.15) is 11.5 Å². The van der Waals surface area contributed by atoms with Crippen molar-refractivity contribution in [2.24, 2.45) is 16.0 Å². The van der Waals surface area contributed by atoms with Crippen molar-refractivity contribution in [2.75, 3.05) is 40.6 Å². The number of methoxy groups -OCH3 is 2. The Morgan fingerprint density at radius 3 is 1.44 bits per heavy atom. The van der Waals surface area contributed by atoms with Crippen LogP contribution in [-0.2, 0) is 55.7 Å². The van der Waals surface area contributed by atoms with Crippen LogP contribution in [0.15, 0.2) is 83.1 Å². The maximum absolute atomic E-state index is 13.6. The molecule has 6 rings (SSSR count). The van der Waals surface area contributed by atoms with Crippen molar-refractivity contribution >= 4 is 20.0 Å². The molecule has 2 N–H and O–H groups in total. The molecule has 2 aromatic carbocycles. The Labute approximate surface area is 281 Å². The fourth-order valence-corrected chi connectivity index (χ4v) is 7.06. The molecule has 14 nitrogen and oxygen atoms in total. The molecular weight excluding hydrogens is 661 g/mol. The molecular formula is C32H42N6O8S2. The highest BCUT2D eigenvalue weighted by atomic mass is 32.2.